The molecule has 0 radical (unpaired) electrons. The highest BCUT2D eigenvalue weighted by atomic mass is 32.1. The van der Waals surface area contributed by atoms with Gasteiger partial charge in [0.15, 0.2) is 5.11 Å². The van der Waals surface area contributed by atoms with Gasteiger partial charge in [-0.3, -0.25) is 25.0 Å². The molecule has 2 aromatic rings. The summed E-state index contributed by atoms with van der Waals surface area (Å²) in [6, 6.07) is 7.36. The van der Waals surface area contributed by atoms with Crippen LogP contribution in [0.5, 0.6) is 0 Å². The number of ether oxygens (including phenoxy) is 1. The highest BCUT2D eigenvalue weighted by Crippen LogP contribution is 2.24. The summed E-state index contributed by atoms with van der Waals surface area (Å²) < 4.78 is 6.40. The third kappa shape index (κ3) is 2.91. The van der Waals surface area contributed by atoms with Crippen molar-refractivity contribution in [3.05, 3.63) is 41.6 Å². The summed E-state index contributed by atoms with van der Waals surface area (Å²) in [5, 5.41) is 5.56. The van der Waals surface area contributed by atoms with Gasteiger partial charge in [0, 0.05) is 22.7 Å². The first-order chi connectivity index (χ1) is 11.5. The van der Waals surface area contributed by atoms with E-state index in [4.69, 9.17) is 17.0 Å². The van der Waals surface area contributed by atoms with Crippen LogP contribution in [0.3, 0.4) is 0 Å². The Morgan fingerprint density at radius 2 is 1.92 bits per heavy atom. The van der Waals surface area contributed by atoms with Gasteiger partial charge in [-0.25, -0.2) is 0 Å². The van der Waals surface area contributed by atoms with Crippen molar-refractivity contribution in [1.29, 1.82) is 0 Å². The Morgan fingerprint density at radius 1 is 1.25 bits per heavy atom. The van der Waals surface area contributed by atoms with Crippen LogP contribution in [0.1, 0.15) is 5.56 Å². The molecule has 8 heteroatoms. The number of amides is 2. The molecule has 0 aliphatic carbocycles. The predicted molar refractivity (Wildman–Crippen MR) is 90.8 cm³/mol. The highest BCUT2D eigenvalue weighted by Gasteiger charge is 2.26. The van der Waals surface area contributed by atoms with Crippen molar-refractivity contribution in [2.75, 3.05) is 7.11 Å². The average molecular weight is 343 g/mol. The summed E-state index contributed by atoms with van der Waals surface area (Å²) in [7, 11) is 1.32. The fourth-order valence-corrected chi connectivity index (χ4v) is 2.67. The van der Waals surface area contributed by atoms with Crippen molar-refractivity contribution in [2.24, 2.45) is 0 Å². The average Bonchev–Trinajstić information content (AvgIpc) is 2.88. The van der Waals surface area contributed by atoms with Crippen molar-refractivity contribution < 1.29 is 19.1 Å². The molecular formula is C16H13N3O4S. The number of rotatable bonds is 3. The molecule has 1 fully saturated rings. The van der Waals surface area contributed by atoms with Crippen LogP contribution in [-0.4, -0.2) is 34.6 Å². The van der Waals surface area contributed by atoms with Gasteiger partial charge in [-0.05, 0) is 24.4 Å². The van der Waals surface area contributed by atoms with Gasteiger partial charge in [0.1, 0.15) is 12.1 Å². The molecule has 3 rings (SSSR count). The van der Waals surface area contributed by atoms with Crippen LogP contribution in [0.15, 0.2) is 36.0 Å². The fraction of sp³-hybridized carbons (Fsp3) is 0.125. The molecule has 2 N–H and O–H groups in total. The van der Waals surface area contributed by atoms with Gasteiger partial charge in [-0.1, -0.05) is 18.2 Å². The predicted octanol–water partition coefficient (Wildman–Crippen LogP) is 0.729. The zero-order valence-electron chi connectivity index (χ0n) is 12.7. The molecule has 0 unspecified atom stereocenters. The normalized spacial score (nSPS) is 14.4. The Bertz CT molecular complexity index is 891. The van der Waals surface area contributed by atoms with E-state index in [1.165, 1.54) is 13.2 Å². The Morgan fingerprint density at radius 3 is 2.58 bits per heavy atom. The summed E-state index contributed by atoms with van der Waals surface area (Å²) in [5.74, 6) is -1.52. The maximum atomic E-state index is 12.0. The summed E-state index contributed by atoms with van der Waals surface area (Å²) in [4.78, 5) is 35.5. The zero-order valence-corrected chi connectivity index (χ0v) is 13.5. The smallest absolute Gasteiger partial charge is 0.325 e. The molecule has 1 aromatic carbocycles. The van der Waals surface area contributed by atoms with E-state index in [0.717, 1.165) is 10.9 Å². The largest absolute Gasteiger partial charge is 0.468 e. The van der Waals surface area contributed by atoms with E-state index in [2.05, 4.69) is 10.6 Å². The van der Waals surface area contributed by atoms with Gasteiger partial charge in [-0.15, -0.1) is 0 Å². The lowest BCUT2D eigenvalue weighted by Gasteiger charge is -2.16. The summed E-state index contributed by atoms with van der Waals surface area (Å²) in [6.07, 6.45) is 3.17. The van der Waals surface area contributed by atoms with Crippen LogP contribution in [-0.2, 0) is 25.7 Å². The van der Waals surface area contributed by atoms with E-state index in [1.807, 2.05) is 24.3 Å². The minimum atomic E-state index is -0.562. The van der Waals surface area contributed by atoms with Crippen LogP contribution in [0.2, 0.25) is 0 Å². The number of carbonyl (C=O) groups is 3. The number of benzene rings is 1. The fourth-order valence-electron chi connectivity index (χ4n) is 2.49. The Kier molecular flexibility index (Phi) is 4.13. The van der Waals surface area contributed by atoms with Crippen molar-refractivity contribution >= 4 is 52.1 Å². The molecule has 2 heterocycles. The van der Waals surface area contributed by atoms with Crippen molar-refractivity contribution in [1.82, 2.24) is 15.2 Å². The molecule has 0 saturated carbocycles. The standard InChI is InChI=1S/C16H13N3O4S/c1-23-13(20)8-19-7-9(10-4-2-3-5-12(10)19)6-11-14(21)17-16(24)18-15(11)22/h2-7H,8H2,1H3,(H2,17,18,21,22,24). The lowest BCUT2D eigenvalue weighted by molar-refractivity contribution is -0.141. The van der Waals surface area contributed by atoms with E-state index in [-0.39, 0.29) is 17.2 Å². The molecule has 1 aliphatic heterocycles. The van der Waals surface area contributed by atoms with E-state index >= 15 is 0 Å². The van der Waals surface area contributed by atoms with Gasteiger partial charge < -0.3 is 9.30 Å². The molecule has 2 amide bonds. The van der Waals surface area contributed by atoms with E-state index < -0.39 is 17.8 Å². The number of nitrogens with one attached hydrogen (secondary N) is 2. The Labute approximate surface area is 142 Å². The molecule has 1 aliphatic rings. The third-order valence-electron chi connectivity index (χ3n) is 3.59. The summed E-state index contributed by atoms with van der Waals surface area (Å²) in [5.41, 5.74) is 1.38. The van der Waals surface area contributed by atoms with Gasteiger partial charge in [0.05, 0.1) is 7.11 Å². The van der Waals surface area contributed by atoms with E-state index in [0.29, 0.717) is 5.56 Å². The first kappa shape index (κ1) is 15.9. The lowest BCUT2D eigenvalue weighted by atomic mass is 10.1. The van der Waals surface area contributed by atoms with Crippen molar-refractivity contribution in [2.45, 2.75) is 6.54 Å². The molecule has 0 bridgehead atoms. The number of thiocarbonyl (C=S) groups is 1. The molecule has 1 aromatic heterocycles. The van der Waals surface area contributed by atoms with Crippen LogP contribution in [0.4, 0.5) is 0 Å². The number of carbonyl (C=O) groups excluding carboxylic acids is 3. The quantitative estimate of drug-likeness (QED) is 0.371. The van der Waals surface area contributed by atoms with Gasteiger partial charge >= 0.3 is 5.97 Å². The van der Waals surface area contributed by atoms with Crippen LogP contribution < -0.4 is 10.6 Å². The molecule has 24 heavy (non-hydrogen) atoms. The van der Waals surface area contributed by atoms with Gasteiger partial charge in [0.2, 0.25) is 0 Å². The second kappa shape index (κ2) is 6.25. The Hall–Kier alpha value is -3.00. The maximum Gasteiger partial charge on any atom is 0.325 e. The lowest BCUT2D eigenvalue weighted by Crippen LogP contribution is -2.51. The van der Waals surface area contributed by atoms with Gasteiger partial charge in [0.25, 0.3) is 11.8 Å². The number of hydrogen-bond donors (Lipinski definition) is 2. The number of hydrogen-bond acceptors (Lipinski definition) is 5. The summed E-state index contributed by atoms with van der Waals surface area (Å²) >= 11 is 4.77. The second-order valence-corrected chi connectivity index (χ2v) is 5.51. The third-order valence-corrected chi connectivity index (χ3v) is 3.79. The minimum absolute atomic E-state index is 0.0183. The van der Waals surface area contributed by atoms with Crippen LogP contribution >= 0.6 is 12.2 Å². The number of esters is 1. The maximum absolute atomic E-state index is 12.0. The topological polar surface area (TPSA) is 89.4 Å². The summed E-state index contributed by atoms with van der Waals surface area (Å²) in [6.45, 7) is 0.0304. The number of methoxy groups -OCH3 is 1. The first-order valence-corrected chi connectivity index (χ1v) is 7.43. The molecule has 0 spiro atoms. The van der Waals surface area contributed by atoms with Crippen molar-refractivity contribution in [3.8, 4) is 0 Å². The highest BCUT2D eigenvalue weighted by molar-refractivity contribution is 7.80. The SMILES string of the molecule is COC(=O)Cn1cc(C=C2C(=O)NC(=S)NC2=O)c2ccccc21. The zero-order chi connectivity index (χ0) is 17.3. The number of aromatic nitrogens is 1. The first-order valence-electron chi connectivity index (χ1n) is 7.02. The molecular weight excluding hydrogens is 330 g/mol. The van der Waals surface area contributed by atoms with Gasteiger partial charge in [-0.2, -0.15) is 0 Å². The van der Waals surface area contributed by atoms with E-state index in [1.54, 1.807) is 10.8 Å². The second-order valence-electron chi connectivity index (χ2n) is 5.10. The minimum Gasteiger partial charge on any atom is -0.468 e. The molecule has 7 nitrogen and oxygen atoms in total. The monoisotopic (exact) mass is 343 g/mol. The molecule has 122 valence electrons. The number of para-hydroxylation sites is 1. The number of fused-ring (bicyclic) bond motifs is 1. The number of nitrogens with zero attached hydrogens (tertiary/aromatic N) is 1. The van der Waals surface area contributed by atoms with E-state index in [9.17, 15) is 14.4 Å². The van der Waals surface area contributed by atoms with Crippen LogP contribution in [0, 0.1) is 0 Å². The molecule has 1 saturated heterocycles. The molecule has 0 atom stereocenters. The van der Waals surface area contributed by atoms with Crippen molar-refractivity contribution in [3.63, 3.8) is 0 Å². The Balaban J connectivity index is 2.08. The van der Waals surface area contributed by atoms with Crippen LogP contribution in [0.25, 0.3) is 17.0 Å².